The number of carbonyl (C=O) groups excluding carboxylic acids is 1. The normalized spacial score (nSPS) is 20.1. The standard InChI is InChI=1S/C12H16N2O2/c1-8-6-9(2-3-11(8)15)12(16)14-5-4-10(13)7-14/h2-3,6,10,15H,4-5,7,13H2,1H3. The molecule has 86 valence electrons. The van der Waals surface area contributed by atoms with Gasteiger partial charge in [0.05, 0.1) is 0 Å². The van der Waals surface area contributed by atoms with Gasteiger partial charge >= 0.3 is 0 Å². The van der Waals surface area contributed by atoms with Crippen LogP contribution < -0.4 is 5.73 Å². The third kappa shape index (κ3) is 2.02. The Morgan fingerprint density at radius 2 is 2.31 bits per heavy atom. The second kappa shape index (κ2) is 4.14. The zero-order valence-corrected chi connectivity index (χ0v) is 9.31. The van der Waals surface area contributed by atoms with Gasteiger partial charge in [-0.15, -0.1) is 0 Å². The predicted octanol–water partition coefficient (Wildman–Crippen LogP) is 0.874. The molecule has 1 fully saturated rings. The monoisotopic (exact) mass is 220 g/mol. The Labute approximate surface area is 94.7 Å². The summed E-state index contributed by atoms with van der Waals surface area (Å²) in [6, 6.07) is 5.01. The lowest BCUT2D eigenvalue weighted by Crippen LogP contribution is -2.31. The number of rotatable bonds is 1. The molecule has 1 saturated heterocycles. The Hall–Kier alpha value is -1.55. The molecule has 1 amide bonds. The quantitative estimate of drug-likeness (QED) is 0.738. The van der Waals surface area contributed by atoms with Crippen LogP contribution in [0, 0.1) is 6.92 Å². The molecule has 4 nitrogen and oxygen atoms in total. The van der Waals surface area contributed by atoms with Crippen molar-refractivity contribution >= 4 is 5.91 Å². The van der Waals surface area contributed by atoms with Crippen LogP contribution >= 0.6 is 0 Å². The van der Waals surface area contributed by atoms with Crippen LogP contribution in [0.25, 0.3) is 0 Å². The second-order valence-electron chi connectivity index (χ2n) is 4.30. The molecule has 0 radical (unpaired) electrons. The molecule has 0 bridgehead atoms. The van der Waals surface area contributed by atoms with Crippen LogP contribution in [-0.2, 0) is 0 Å². The van der Waals surface area contributed by atoms with Gasteiger partial charge in [-0.2, -0.15) is 0 Å². The first kappa shape index (κ1) is 11.0. The highest BCUT2D eigenvalue weighted by Gasteiger charge is 2.24. The number of carbonyl (C=O) groups is 1. The summed E-state index contributed by atoms with van der Waals surface area (Å²) in [4.78, 5) is 13.8. The fourth-order valence-electron chi connectivity index (χ4n) is 1.94. The smallest absolute Gasteiger partial charge is 0.253 e. The van der Waals surface area contributed by atoms with Crippen molar-refractivity contribution in [2.75, 3.05) is 13.1 Å². The number of likely N-dealkylation sites (tertiary alicyclic amines) is 1. The topological polar surface area (TPSA) is 66.6 Å². The molecule has 1 aromatic carbocycles. The van der Waals surface area contributed by atoms with Crippen molar-refractivity contribution in [2.24, 2.45) is 5.73 Å². The van der Waals surface area contributed by atoms with Crippen molar-refractivity contribution in [3.8, 4) is 5.75 Å². The molecule has 0 aliphatic carbocycles. The number of hydrogen-bond donors (Lipinski definition) is 2. The highest BCUT2D eigenvalue weighted by molar-refractivity contribution is 5.94. The van der Waals surface area contributed by atoms with E-state index >= 15 is 0 Å². The number of phenols is 1. The Balaban J connectivity index is 2.18. The van der Waals surface area contributed by atoms with Crippen LogP contribution in [0.2, 0.25) is 0 Å². The number of phenolic OH excluding ortho intramolecular Hbond substituents is 1. The van der Waals surface area contributed by atoms with E-state index in [9.17, 15) is 9.90 Å². The summed E-state index contributed by atoms with van der Waals surface area (Å²) in [5, 5.41) is 9.39. The zero-order valence-electron chi connectivity index (χ0n) is 9.31. The minimum absolute atomic E-state index is 0.00366. The van der Waals surface area contributed by atoms with E-state index in [4.69, 9.17) is 5.73 Å². The summed E-state index contributed by atoms with van der Waals surface area (Å²) < 4.78 is 0. The molecule has 1 aliphatic heterocycles. The molecule has 16 heavy (non-hydrogen) atoms. The van der Waals surface area contributed by atoms with Crippen molar-refractivity contribution in [3.05, 3.63) is 29.3 Å². The largest absolute Gasteiger partial charge is 0.508 e. The number of nitrogens with two attached hydrogens (primary N) is 1. The van der Waals surface area contributed by atoms with Crippen LogP contribution in [0.15, 0.2) is 18.2 Å². The molecule has 0 spiro atoms. The minimum atomic E-state index is -0.00366. The van der Waals surface area contributed by atoms with E-state index in [2.05, 4.69) is 0 Å². The molecular formula is C12H16N2O2. The molecule has 3 N–H and O–H groups in total. The van der Waals surface area contributed by atoms with Crippen molar-refractivity contribution in [1.82, 2.24) is 4.90 Å². The van der Waals surface area contributed by atoms with E-state index in [1.165, 1.54) is 0 Å². The van der Waals surface area contributed by atoms with Gasteiger partial charge in [0.2, 0.25) is 0 Å². The molecule has 1 aromatic rings. The van der Waals surface area contributed by atoms with E-state index < -0.39 is 0 Å². The minimum Gasteiger partial charge on any atom is -0.508 e. The highest BCUT2D eigenvalue weighted by atomic mass is 16.3. The van der Waals surface area contributed by atoms with E-state index in [0.29, 0.717) is 17.7 Å². The molecule has 0 saturated carbocycles. The van der Waals surface area contributed by atoms with Crippen LogP contribution in [0.3, 0.4) is 0 Å². The summed E-state index contributed by atoms with van der Waals surface area (Å²) in [7, 11) is 0. The highest BCUT2D eigenvalue weighted by Crippen LogP contribution is 2.19. The van der Waals surface area contributed by atoms with Gasteiger partial charge in [0.1, 0.15) is 5.75 Å². The fraction of sp³-hybridized carbons (Fsp3) is 0.417. The summed E-state index contributed by atoms with van der Waals surface area (Å²) in [6.07, 6.45) is 0.864. The summed E-state index contributed by atoms with van der Waals surface area (Å²) in [5.41, 5.74) is 7.09. The van der Waals surface area contributed by atoms with Gasteiger partial charge in [-0.25, -0.2) is 0 Å². The van der Waals surface area contributed by atoms with Gasteiger partial charge in [0.15, 0.2) is 0 Å². The third-order valence-electron chi connectivity index (χ3n) is 2.96. The molecule has 1 atom stereocenters. The number of amides is 1. The molecule has 2 rings (SSSR count). The number of aryl methyl sites for hydroxylation is 1. The molecule has 1 unspecified atom stereocenters. The first-order valence-corrected chi connectivity index (χ1v) is 5.42. The Kier molecular flexibility index (Phi) is 2.83. The maximum Gasteiger partial charge on any atom is 0.253 e. The molecule has 1 aliphatic rings. The summed E-state index contributed by atoms with van der Waals surface area (Å²) in [5.74, 6) is 0.214. The molecule has 1 heterocycles. The van der Waals surface area contributed by atoms with Gasteiger partial charge in [-0.05, 0) is 37.1 Å². The molecular weight excluding hydrogens is 204 g/mol. The maximum atomic E-state index is 12.0. The fourth-order valence-corrected chi connectivity index (χ4v) is 1.94. The van der Waals surface area contributed by atoms with Crippen LogP contribution in [-0.4, -0.2) is 35.0 Å². The Morgan fingerprint density at radius 3 is 2.88 bits per heavy atom. The summed E-state index contributed by atoms with van der Waals surface area (Å²) in [6.45, 7) is 3.13. The van der Waals surface area contributed by atoms with Gasteiger partial charge in [0, 0.05) is 24.7 Å². The van der Waals surface area contributed by atoms with Gasteiger partial charge < -0.3 is 15.7 Å². The van der Waals surface area contributed by atoms with Crippen molar-refractivity contribution in [1.29, 1.82) is 0 Å². The number of aromatic hydroxyl groups is 1. The van der Waals surface area contributed by atoms with E-state index in [1.807, 2.05) is 0 Å². The van der Waals surface area contributed by atoms with Gasteiger partial charge in [-0.1, -0.05) is 0 Å². The zero-order chi connectivity index (χ0) is 11.7. The summed E-state index contributed by atoms with van der Waals surface area (Å²) >= 11 is 0. The number of nitrogens with zero attached hydrogens (tertiary/aromatic N) is 1. The number of hydrogen-bond acceptors (Lipinski definition) is 3. The Morgan fingerprint density at radius 1 is 1.56 bits per heavy atom. The molecule has 0 aromatic heterocycles. The van der Waals surface area contributed by atoms with Gasteiger partial charge in [-0.3, -0.25) is 4.79 Å². The number of benzene rings is 1. The van der Waals surface area contributed by atoms with Crippen molar-refractivity contribution < 1.29 is 9.90 Å². The van der Waals surface area contributed by atoms with Gasteiger partial charge in [0.25, 0.3) is 5.91 Å². The van der Waals surface area contributed by atoms with E-state index in [1.54, 1.807) is 30.0 Å². The Bertz CT molecular complexity index is 417. The van der Waals surface area contributed by atoms with Crippen molar-refractivity contribution in [3.63, 3.8) is 0 Å². The van der Waals surface area contributed by atoms with Crippen molar-refractivity contribution in [2.45, 2.75) is 19.4 Å². The third-order valence-corrected chi connectivity index (χ3v) is 2.96. The first-order valence-electron chi connectivity index (χ1n) is 5.42. The lowest BCUT2D eigenvalue weighted by atomic mass is 10.1. The first-order chi connectivity index (χ1) is 7.58. The maximum absolute atomic E-state index is 12.0. The van der Waals surface area contributed by atoms with Crippen LogP contribution in [0.4, 0.5) is 0 Å². The molecule has 4 heteroatoms. The van der Waals surface area contributed by atoms with Crippen LogP contribution in [0.1, 0.15) is 22.3 Å². The van der Waals surface area contributed by atoms with E-state index in [-0.39, 0.29) is 17.7 Å². The van der Waals surface area contributed by atoms with Crippen LogP contribution in [0.5, 0.6) is 5.75 Å². The SMILES string of the molecule is Cc1cc(C(=O)N2CCC(N)C2)ccc1O. The average molecular weight is 220 g/mol. The van der Waals surface area contributed by atoms with E-state index in [0.717, 1.165) is 13.0 Å². The lowest BCUT2D eigenvalue weighted by molar-refractivity contribution is 0.0791. The second-order valence-corrected chi connectivity index (χ2v) is 4.30. The predicted molar refractivity (Wildman–Crippen MR) is 61.3 cm³/mol. The average Bonchev–Trinajstić information content (AvgIpc) is 2.68. The lowest BCUT2D eigenvalue weighted by Gasteiger charge is -2.16.